The summed E-state index contributed by atoms with van der Waals surface area (Å²) in [6.07, 6.45) is 4.47. The number of guanidine groups is 1. The van der Waals surface area contributed by atoms with E-state index in [2.05, 4.69) is 55.5 Å². The Balaban J connectivity index is 1.35. The maximum Gasteiger partial charge on any atom is 0.191 e. The molecule has 0 aliphatic carbocycles. The van der Waals surface area contributed by atoms with Gasteiger partial charge in [0.1, 0.15) is 17.7 Å². The molecule has 0 saturated carbocycles. The van der Waals surface area contributed by atoms with Crippen molar-refractivity contribution in [1.82, 2.24) is 25.4 Å². The molecule has 1 unspecified atom stereocenters. The predicted octanol–water partition coefficient (Wildman–Crippen LogP) is 1.96. The van der Waals surface area contributed by atoms with Gasteiger partial charge in [-0.15, -0.1) is 10.2 Å². The Bertz CT molecular complexity index is 857. The lowest BCUT2D eigenvalue weighted by Gasteiger charge is -2.18. The van der Waals surface area contributed by atoms with E-state index in [1.165, 1.54) is 18.4 Å². The quantitative estimate of drug-likeness (QED) is 0.572. The Morgan fingerprint density at radius 2 is 2.17 bits per heavy atom. The van der Waals surface area contributed by atoms with Gasteiger partial charge in [0, 0.05) is 38.5 Å². The summed E-state index contributed by atoms with van der Waals surface area (Å²) >= 11 is 0. The number of hydrogen-bond acceptors (Lipinski definition) is 5. The fraction of sp³-hybridized carbons (Fsp3) is 0.571. The number of fused-ring (bicyclic) bond motifs is 1. The van der Waals surface area contributed by atoms with E-state index < -0.39 is 0 Å². The summed E-state index contributed by atoms with van der Waals surface area (Å²) in [5, 5.41) is 15.4. The van der Waals surface area contributed by atoms with Gasteiger partial charge in [-0.3, -0.25) is 4.99 Å². The van der Waals surface area contributed by atoms with Gasteiger partial charge in [0.05, 0.1) is 19.8 Å². The van der Waals surface area contributed by atoms with E-state index in [4.69, 9.17) is 9.47 Å². The number of nitrogens with one attached hydrogen (secondary N) is 2. The first kappa shape index (κ1) is 19.7. The van der Waals surface area contributed by atoms with Gasteiger partial charge < -0.3 is 24.7 Å². The average molecular weight is 399 g/mol. The highest BCUT2D eigenvalue weighted by Crippen LogP contribution is 2.23. The van der Waals surface area contributed by atoms with Gasteiger partial charge in [-0.05, 0) is 31.4 Å². The highest BCUT2D eigenvalue weighted by atomic mass is 16.5. The Labute approximate surface area is 171 Å². The fourth-order valence-corrected chi connectivity index (χ4v) is 3.76. The van der Waals surface area contributed by atoms with Crippen LogP contribution in [0.3, 0.4) is 0 Å². The van der Waals surface area contributed by atoms with Crippen molar-refractivity contribution in [2.24, 2.45) is 4.99 Å². The van der Waals surface area contributed by atoms with Gasteiger partial charge >= 0.3 is 0 Å². The highest BCUT2D eigenvalue weighted by Gasteiger charge is 2.19. The Morgan fingerprint density at radius 1 is 1.28 bits per heavy atom. The molecular weight excluding hydrogens is 368 g/mol. The van der Waals surface area contributed by atoms with E-state index in [1.807, 2.05) is 0 Å². The number of aryl methyl sites for hydroxylation is 2. The molecule has 29 heavy (non-hydrogen) atoms. The molecule has 2 N–H and O–H groups in total. The summed E-state index contributed by atoms with van der Waals surface area (Å²) in [4.78, 5) is 4.34. The number of benzene rings is 1. The van der Waals surface area contributed by atoms with Crippen molar-refractivity contribution >= 4 is 5.96 Å². The molecule has 1 aromatic heterocycles. The molecule has 1 atom stereocenters. The standard InChI is InChI=1S/C21H30N6O2/c1-15-6-7-16(18(11-15)29-17-8-10-28-14-17)12-23-21(22-2)24-13-20-26-25-19-5-3-4-9-27(19)20/h6-7,11,17H,3-5,8-10,12-14H2,1-2H3,(H2,22,23,24). The van der Waals surface area contributed by atoms with Gasteiger partial charge in [0.15, 0.2) is 11.8 Å². The zero-order chi connectivity index (χ0) is 20.1. The number of rotatable bonds is 6. The third-order valence-electron chi connectivity index (χ3n) is 5.42. The van der Waals surface area contributed by atoms with Crippen molar-refractivity contribution in [3.63, 3.8) is 0 Å². The van der Waals surface area contributed by atoms with Crippen LogP contribution in [0.4, 0.5) is 0 Å². The summed E-state index contributed by atoms with van der Waals surface area (Å²) in [5.74, 6) is 3.69. The van der Waals surface area contributed by atoms with Crippen LogP contribution in [0, 0.1) is 6.92 Å². The topological polar surface area (TPSA) is 85.6 Å². The van der Waals surface area contributed by atoms with E-state index in [0.717, 1.165) is 54.9 Å². The van der Waals surface area contributed by atoms with Crippen LogP contribution in [0.1, 0.15) is 42.0 Å². The third-order valence-corrected chi connectivity index (χ3v) is 5.42. The van der Waals surface area contributed by atoms with Crippen LogP contribution in [-0.4, -0.2) is 47.1 Å². The van der Waals surface area contributed by atoms with Crippen molar-refractivity contribution in [3.8, 4) is 5.75 Å². The molecule has 0 radical (unpaired) electrons. The monoisotopic (exact) mass is 398 g/mol. The van der Waals surface area contributed by atoms with Crippen LogP contribution in [0.25, 0.3) is 0 Å². The van der Waals surface area contributed by atoms with Crippen LogP contribution < -0.4 is 15.4 Å². The van der Waals surface area contributed by atoms with Gasteiger partial charge in [0.25, 0.3) is 0 Å². The Hall–Kier alpha value is -2.61. The second-order valence-corrected chi connectivity index (χ2v) is 7.64. The molecule has 1 saturated heterocycles. The summed E-state index contributed by atoms with van der Waals surface area (Å²) < 4.78 is 13.8. The molecule has 4 rings (SSSR count). The van der Waals surface area contributed by atoms with E-state index in [-0.39, 0.29) is 6.10 Å². The van der Waals surface area contributed by atoms with Crippen molar-refractivity contribution in [1.29, 1.82) is 0 Å². The van der Waals surface area contributed by atoms with Crippen LogP contribution in [0.15, 0.2) is 23.2 Å². The first-order valence-corrected chi connectivity index (χ1v) is 10.4. The smallest absolute Gasteiger partial charge is 0.191 e. The Kier molecular flexibility index (Phi) is 6.29. The van der Waals surface area contributed by atoms with Crippen LogP contribution in [0.2, 0.25) is 0 Å². The largest absolute Gasteiger partial charge is 0.488 e. The molecule has 2 aromatic rings. The van der Waals surface area contributed by atoms with Crippen molar-refractivity contribution in [3.05, 3.63) is 41.0 Å². The van der Waals surface area contributed by atoms with E-state index in [1.54, 1.807) is 7.05 Å². The first-order valence-electron chi connectivity index (χ1n) is 10.4. The average Bonchev–Trinajstić information content (AvgIpc) is 3.39. The molecule has 0 spiro atoms. The summed E-state index contributed by atoms with van der Waals surface area (Å²) in [6.45, 7) is 5.74. The second kappa shape index (κ2) is 9.26. The maximum absolute atomic E-state index is 6.19. The summed E-state index contributed by atoms with van der Waals surface area (Å²) in [6, 6.07) is 6.30. The second-order valence-electron chi connectivity index (χ2n) is 7.64. The zero-order valence-corrected chi connectivity index (χ0v) is 17.3. The molecule has 8 nitrogen and oxygen atoms in total. The van der Waals surface area contributed by atoms with Crippen molar-refractivity contribution in [2.75, 3.05) is 20.3 Å². The number of aromatic nitrogens is 3. The molecule has 1 aromatic carbocycles. The molecule has 1 fully saturated rings. The Morgan fingerprint density at radius 3 is 3.00 bits per heavy atom. The zero-order valence-electron chi connectivity index (χ0n) is 17.3. The molecular formula is C21H30N6O2. The SMILES string of the molecule is CN=C(NCc1ccc(C)cc1OC1CCOC1)NCc1nnc2n1CCCC2. The molecule has 8 heteroatoms. The minimum Gasteiger partial charge on any atom is -0.488 e. The van der Waals surface area contributed by atoms with E-state index >= 15 is 0 Å². The minimum absolute atomic E-state index is 0.132. The maximum atomic E-state index is 6.19. The van der Waals surface area contributed by atoms with Crippen LogP contribution in [-0.2, 0) is 30.8 Å². The van der Waals surface area contributed by atoms with Gasteiger partial charge in [-0.1, -0.05) is 12.1 Å². The van der Waals surface area contributed by atoms with Crippen molar-refractivity contribution < 1.29 is 9.47 Å². The summed E-state index contributed by atoms with van der Waals surface area (Å²) in [7, 11) is 1.77. The minimum atomic E-state index is 0.132. The molecule has 2 aliphatic rings. The van der Waals surface area contributed by atoms with Crippen LogP contribution in [0.5, 0.6) is 5.75 Å². The predicted molar refractivity (Wildman–Crippen MR) is 111 cm³/mol. The lowest BCUT2D eigenvalue weighted by atomic mass is 10.1. The van der Waals surface area contributed by atoms with Gasteiger partial charge in [-0.25, -0.2) is 0 Å². The first-order chi connectivity index (χ1) is 14.2. The van der Waals surface area contributed by atoms with E-state index in [9.17, 15) is 0 Å². The normalized spacial score (nSPS) is 19.1. The van der Waals surface area contributed by atoms with Crippen molar-refractivity contribution in [2.45, 2.75) is 58.3 Å². The lowest BCUT2D eigenvalue weighted by molar-refractivity contribution is 0.140. The van der Waals surface area contributed by atoms with Gasteiger partial charge in [0.2, 0.25) is 0 Å². The summed E-state index contributed by atoms with van der Waals surface area (Å²) in [5.41, 5.74) is 2.28. The number of hydrogen-bond donors (Lipinski definition) is 2. The number of nitrogens with zero attached hydrogens (tertiary/aromatic N) is 4. The van der Waals surface area contributed by atoms with Crippen LogP contribution >= 0.6 is 0 Å². The number of ether oxygens (including phenoxy) is 2. The highest BCUT2D eigenvalue weighted by molar-refractivity contribution is 5.79. The fourth-order valence-electron chi connectivity index (χ4n) is 3.76. The lowest BCUT2D eigenvalue weighted by Crippen LogP contribution is -2.37. The number of aliphatic imine (C=N–C) groups is 1. The van der Waals surface area contributed by atoms with Gasteiger partial charge in [-0.2, -0.15) is 0 Å². The molecule has 2 aliphatic heterocycles. The molecule has 0 amide bonds. The molecule has 3 heterocycles. The molecule has 0 bridgehead atoms. The molecule has 156 valence electrons. The van der Waals surface area contributed by atoms with E-state index in [0.29, 0.717) is 19.7 Å². The third kappa shape index (κ3) is 4.87.